The number of hydrogen-bond acceptors (Lipinski definition) is 5. The van der Waals surface area contributed by atoms with E-state index in [1.165, 1.54) is 6.07 Å². The van der Waals surface area contributed by atoms with Crippen molar-refractivity contribution in [2.75, 3.05) is 0 Å². The van der Waals surface area contributed by atoms with Crippen molar-refractivity contribution in [1.82, 2.24) is 14.7 Å². The number of nitrogens with zero attached hydrogens (tertiary/aromatic N) is 3. The number of pyridine rings is 1. The second-order valence-electron chi connectivity index (χ2n) is 5.81. The van der Waals surface area contributed by atoms with Crippen LogP contribution in [0.5, 0.6) is 5.75 Å². The van der Waals surface area contributed by atoms with E-state index in [0.29, 0.717) is 23.8 Å². The molecule has 0 unspecified atom stereocenters. The van der Waals surface area contributed by atoms with E-state index < -0.39 is 0 Å². The topological polar surface area (TPSA) is 81.2 Å². The number of aryl methyl sites for hydroxylation is 1. The van der Waals surface area contributed by atoms with Crippen molar-refractivity contribution in [2.45, 2.75) is 13.5 Å². The summed E-state index contributed by atoms with van der Waals surface area (Å²) >= 11 is 0. The fourth-order valence-corrected chi connectivity index (χ4v) is 2.90. The molecule has 0 atom stereocenters. The summed E-state index contributed by atoms with van der Waals surface area (Å²) in [6.07, 6.45) is 0. The molecule has 0 amide bonds. The fraction of sp³-hybridized carbons (Fsp3) is 0.105. The average molecular weight is 333 g/mol. The van der Waals surface area contributed by atoms with Gasteiger partial charge in [-0.15, -0.1) is 0 Å². The lowest BCUT2D eigenvalue weighted by atomic mass is 10.1. The zero-order valence-corrected chi connectivity index (χ0v) is 13.5. The van der Waals surface area contributed by atoms with E-state index in [-0.39, 0.29) is 11.3 Å². The molecule has 0 saturated carbocycles. The Morgan fingerprint density at radius 1 is 1.12 bits per heavy atom. The lowest BCUT2D eigenvalue weighted by Gasteiger charge is -2.12. The van der Waals surface area contributed by atoms with Gasteiger partial charge >= 0.3 is 0 Å². The van der Waals surface area contributed by atoms with Crippen LogP contribution in [-0.2, 0) is 6.54 Å². The van der Waals surface area contributed by atoms with Crippen LogP contribution in [0.15, 0.2) is 63.9 Å². The molecule has 0 bridgehead atoms. The van der Waals surface area contributed by atoms with Gasteiger partial charge in [0.25, 0.3) is 5.56 Å². The van der Waals surface area contributed by atoms with Gasteiger partial charge in [-0.25, -0.2) is 0 Å². The Morgan fingerprint density at radius 2 is 1.96 bits per heavy atom. The Labute approximate surface area is 143 Å². The smallest absolute Gasteiger partial charge is 0.251 e. The van der Waals surface area contributed by atoms with Crippen LogP contribution in [0.2, 0.25) is 0 Å². The molecule has 0 aliphatic rings. The molecule has 6 nitrogen and oxygen atoms in total. The van der Waals surface area contributed by atoms with E-state index in [2.05, 4.69) is 10.1 Å². The molecule has 6 heteroatoms. The molecule has 2 aromatic carbocycles. The maximum Gasteiger partial charge on any atom is 0.251 e. The van der Waals surface area contributed by atoms with Crippen LogP contribution in [-0.4, -0.2) is 19.8 Å². The van der Waals surface area contributed by atoms with E-state index in [0.717, 1.165) is 16.5 Å². The molecule has 124 valence electrons. The molecule has 1 N–H and O–H groups in total. The molecule has 2 aromatic heterocycles. The number of aromatic hydroxyl groups is 1. The zero-order valence-electron chi connectivity index (χ0n) is 13.5. The van der Waals surface area contributed by atoms with E-state index >= 15 is 0 Å². The molecule has 0 fully saturated rings. The number of phenolic OH excluding ortho intramolecular Hbond substituents is 1. The molecule has 0 radical (unpaired) electrons. The Bertz CT molecular complexity index is 1130. The van der Waals surface area contributed by atoms with Crippen molar-refractivity contribution in [3.05, 3.63) is 76.4 Å². The number of para-hydroxylation sites is 1. The third-order valence-corrected chi connectivity index (χ3v) is 4.04. The van der Waals surface area contributed by atoms with Gasteiger partial charge in [0.2, 0.25) is 11.7 Å². The van der Waals surface area contributed by atoms with Crippen LogP contribution in [0.4, 0.5) is 0 Å². The van der Waals surface area contributed by atoms with Crippen LogP contribution in [0.3, 0.4) is 0 Å². The molecule has 4 aromatic rings. The number of hydrogen-bond donors (Lipinski definition) is 1. The molecule has 2 heterocycles. The van der Waals surface area contributed by atoms with Gasteiger partial charge < -0.3 is 14.2 Å². The first-order chi connectivity index (χ1) is 12.1. The average Bonchev–Trinajstić information content (AvgIpc) is 3.04. The summed E-state index contributed by atoms with van der Waals surface area (Å²) in [5.74, 6) is 1.09. The summed E-state index contributed by atoms with van der Waals surface area (Å²) in [4.78, 5) is 16.6. The largest absolute Gasteiger partial charge is 0.506 e. The Balaban J connectivity index is 1.80. The van der Waals surface area contributed by atoms with E-state index in [4.69, 9.17) is 4.52 Å². The van der Waals surface area contributed by atoms with Gasteiger partial charge in [0.05, 0.1) is 12.1 Å². The maximum atomic E-state index is 12.4. The number of benzene rings is 2. The van der Waals surface area contributed by atoms with Crippen molar-refractivity contribution >= 4 is 10.9 Å². The maximum absolute atomic E-state index is 12.4. The molecular formula is C19H15N3O3. The predicted octanol–water partition coefficient (Wildman–Crippen LogP) is 3.11. The minimum atomic E-state index is -0.171. The highest BCUT2D eigenvalue weighted by Gasteiger charge is 2.10. The minimum absolute atomic E-state index is 0.0835. The number of rotatable bonds is 3. The molecular weight excluding hydrogens is 318 g/mol. The van der Waals surface area contributed by atoms with Crippen LogP contribution < -0.4 is 5.56 Å². The predicted molar refractivity (Wildman–Crippen MR) is 93.4 cm³/mol. The van der Waals surface area contributed by atoms with Gasteiger partial charge in [-0.05, 0) is 23.8 Å². The van der Waals surface area contributed by atoms with Gasteiger partial charge in [-0.2, -0.15) is 4.98 Å². The molecule has 25 heavy (non-hydrogen) atoms. The number of fused-ring (bicyclic) bond motifs is 1. The van der Waals surface area contributed by atoms with Crippen molar-refractivity contribution in [1.29, 1.82) is 0 Å². The first-order valence-corrected chi connectivity index (χ1v) is 7.83. The summed E-state index contributed by atoms with van der Waals surface area (Å²) in [6, 6.07) is 16.0. The van der Waals surface area contributed by atoms with Crippen molar-refractivity contribution < 1.29 is 9.63 Å². The van der Waals surface area contributed by atoms with E-state index in [1.54, 1.807) is 29.7 Å². The van der Waals surface area contributed by atoms with Gasteiger partial charge in [0, 0.05) is 23.9 Å². The Morgan fingerprint density at radius 3 is 2.76 bits per heavy atom. The van der Waals surface area contributed by atoms with Crippen LogP contribution in [0.25, 0.3) is 22.3 Å². The highest BCUT2D eigenvalue weighted by atomic mass is 16.5. The molecule has 0 aliphatic carbocycles. The zero-order chi connectivity index (χ0) is 17.4. The van der Waals surface area contributed by atoms with Crippen molar-refractivity contribution in [2.24, 2.45) is 0 Å². The second kappa shape index (κ2) is 5.90. The van der Waals surface area contributed by atoms with Gasteiger partial charge in [-0.3, -0.25) is 4.79 Å². The highest BCUT2D eigenvalue weighted by molar-refractivity contribution is 5.84. The lowest BCUT2D eigenvalue weighted by molar-refractivity contribution is 0.394. The highest BCUT2D eigenvalue weighted by Crippen LogP contribution is 2.24. The molecule has 0 saturated heterocycles. The third kappa shape index (κ3) is 2.78. The SMILES string of the molecule is Cc1nc(-c2cccc(Cn3c(=O)ccc4cccc(O)c43)c2)no1. The van der Waals surface area contributed by atoms with Crippen LogP contribution in [0, 0.1) is 6.92 Å². The van der Waals surface area contributed by atoms with E-state index in [1.807, 2.05) is 30.3 Å². The molecule has 0 spiro atoms. The van der Waals surface area contributed by atoms with E-state index in [9.17, 15) is 9.90 Å². The van der Waals surface area contributed by atoms with Crippen molar-refractivity contribution in [3.8, 4) is 17.1 Å². The lowest BCUT2D eigenvalue weighted by Crippen LogP contribution is -2.20. The monoisotopic (exact) mass is 333 g/mol. The summed E-state index contributed by atoms with van der Waals surface area (Å²) < 4.78 is 6.58. The standard InChI is InChI=1S/C19H15N3O3/c1-12-20-19(21-25-12)15-6-2-4-13(10-15)11-22-17(24)9-8-14-5-3-7-16(23)18(14)22/h2-10,23H,11H2,1H3. The number of aromatic nitrogens is 3. The quantitative estimate of drug-likeness (QED) is 0.623. The Hall–Kier alpha value is -3.41. The number of phenols is 1. The first kappa shape index (κ1) is 15.1. The first-order valence-electron chi connectivity index (χ1n) is 7.83. The van der Waals surface area contributed by atoms with Crippen LogP contribution >= 0.6 is 0 Å². The summed E-state index contributed by atoms with van der Waals surface area (Å²) in [6.45, 7) is 2.07. The summed E-state index contributed by atoms with van der Waals surface area (Å²) in [5.41, 5.74) is 2.07. The summed E-state index contributed by atoms with van der Waals surface area (Å²) in [7, 11) is 0. The summed E-state index contributed by atoms with van der Waals surface area (Å²) in [5, 5.41) is 14.9. The molecule has 4 rings (SSSR count). The molecule has 0 aliphatic heterocycles. The van der Waals surface area contributed by atoms with Gasteiger partial charge in [-0.1, -0.05) is 35.5 Å². The fourth-order valence-electron chi connectivity index (χ4n) is 2.90. The van der Waals surface area contributed by atoms with Gasteiger partial charge in [0.15, 0.2) is 0 Å². The Kier molecular flexibility index (Phi) is 3.57. The second-order valence-corrected chi connectivity index (χ2v) is 5.81. The van der Waals surface area contributed by atoms with Gasteiger partial charge in [0.1, 0.15) is 5.75 Å². The minimum Gasteiger partial charge on any atom is -0.506 e. The normalized spacial score (nSPS) is 11.1. The van der Waals surface area contributed by atoms with Crippen LogP contribution in [0.1, 0.15) is 11.5 Å². The van der Waals surface area contributed by atoms with Crippen molar-refractivity contribution in [3.63, 3.8) is 0 Å². The third-order valence-electron chi connectivity index (χ3n) is 4.04.